The first kappa shape index (κ1) is 12.0. The van der Waals surface area contributed by atoms with Crippen molar-refractivity contribution in [2.45, 2.75) is 19.8 Å². The van der Waals surface area contributed by atoms with Crippen LogP contribution >= 0.6 is 9.24 Å². The van der Waals surface area contributed by atoms with Crippen molar-refractivity contribution in [1.82, 2.24) is 0 Å². The zero-order chi connectivity index (χ0) is 7.70. The van der Waals surface area contributed by atoms with Crippen LogP contribution in [0.15, 0.2) is 0 Å². The molecule has 56 valence electrons. The maximum atomic E-state index is 9.67. The second-order valence-corrected chi connectivity index (χ2v) is 1.97. The minimum atomic E-state index is -3.67. The van der Waals surface area contributed by atoms with E-state index in [1.54, 1.807) is 0 Å². The molecule has 5 heteroatoms. The molecule has 0 heterocycles. The molecule has 9 heavy (non-hydrogen) atoms. The molecule has 0 aliphatic rings. The lowest BCUT2D eigenvalue weighted by molar-refractivity contribution is 0.535. The van der Waals surface area contributed by atoms with E-state index in [1.165, 1.54) is 19.0 Å². The molecule has 0 N–H and O–H groups in total. The van der Waals surface area contributed by atoms with Crippen molar-refractivity contribution in [2.24, 2.45) is 0 Å². The highest BCUT2D eigenvalue weighted by molar-refractivity contribution is 7.16. The first-order valence-electron chi connectivity index (χ1n) is 2.77. The summed E-state index contributed by atoms with van der Waals surface area (Å²) in [6, 6.07) is 0. The Hall–Kier alpha value is 0.285. The van der Waals surface area contributed by atoms with Gasteiger partial charge in [-0.25, -0.2) is 0 Å². The van der Waals surface area contributed by atoms with Crippen molar-refractivity contribution in [3.8, 4) is 0 Å². The Morgan fingerprint density at radius 3 is 1.67 bits per heavy atom. The summed E-state index contributed by atoms with van der Waals surface area (Å²) in [4.78, 5) is 0. The van der Waals surface area contributed by atoms with Crippen LogP contribution in [0.1, 0.15) is 19.8 Å². The largest absolute Gasteiger partial charge is 0.762 e. The number of unbranched alkanes of at least 4 members (excludes halogenated alkanes) is 1. The van der Waals surface area contributed by atoms with Crippen molar-refractivity contribution in [3.63, 3.8) is 0 Å². The topological polar surface area (TPSA) is 0 Å². The number of rotatable bonds is 2. The molecule has 0 aliphatic carbocycles. The summed E-state index contributed by atoms with van der Waals surface area (Å²) < 4.78 is 29.0. The van der Waals surface area contributed by atoms with E-state index in [9.17, 15) is 12.9 Å². The van der Waals surface area contributed by atoms with Gasteiger partial charge >= 0.3 is 7.54 Å². The van der Waals surface area contributed by atoms with E-state index in [-0.39, 0.29) is 0 Å². The third-order valence-corrected chi connectivity index (χ3v) is 0.966. The van der Waals surface area contributed by atoms with Gasteiger partial charge in [0.25, 0.3) is 0 Å². The van der Waals surface area contributed by atoms with E-state index in [2.05, 4.69) is 16.2 Å². The summed E-state index contributed by atoms with van der Waals surface area (Å²) in [5.41, 5.74) is 0. The summed E-state index contributed by atoms with van der Waals surface area (Å²) >= 11 is 0. The van der Waals surface area contributed by atoms with Gasteiger partial charge in [-0.3, -0.25) is 12.9 Å². The lowest BCUT2D eigenvalue weighted by Gasteiger charge is -1.79. The number of hydrogen-bond acceptors (Lipinski definition) is 0. The monoisotopic (exact) mass is 158 g/mol. The predicted octanol–water partition coefficient (Wildman–Crippen LogP) is 2.54. The van der Waals surface area contributed by atoms with E-state index in [4.69, 9.17) is 0 Å². The molecule has 0 radical (unpaired) electrons. The molecule has 0 aromatic carbocycles. The molecule has 0 aliphatic heterocycles. The van der Waals surface area contributed by atoms with Crippen molar-refractivity contribution in [1.29, 1.82) is 0 Å². The number of halogens is 3. The predicted molar refractivity (Wildman–Crippen MR) is 38.6 cm³/mol. The van der Waals surface area contributed by atoms with Gasteiger partial charge in [0.05, 0.1) is 0 Å². The molecule has 0 aromatic rings. The fraction of sp³-hybridized carbons (Fsp3) is 1.00. The van der Waals surface area contributed by atoms with E-state index in [0.29, 0.717) is 0 Å². The van der Waals surface area contributed by atoms with Gasteiger partial charge in [-0.05, 0) is 6.16 Å². The van der Waals surface area contributed by atoms with Crippen molar-refractivity contribution in [2.75, 3.05) is 6.16 Å². The minimum Gasteiger partial charge on any atom is -0.254 e. The Morgan fingerprint density at radius 1 is 1.33 bits per heavy atom. The zero-order valence-corrected chi connectivity index (χ0v) is 6.56. The van der Waals surface area contributed by atoms with Gasteiger partial charge in [0.2, 0.25) is 0 Å². The molecular weight excluding hydrogens is 147 g/mol. The minimum absolute atomic E-state index is 1.26. The van der Waals surface area contributed by atoms with Crippen molar-refractivity contribution >= 4 is 16.8 Å². The summed E-state index contributed by atoms with van der Waals surface area (Å²) in [7, 11) is -0.967. The van der Waals surface area contributed by atoms with Crippen molar-refractivity contribution in [3.05, 3.63) is 0 Å². The summed E-state index contributed by atoms with van der Waals surface area (Å²) in [6.45, 7) is 2.20. The summed E-state index contributed by atoms with van der Waals surface area (Å²) in [5, 5.41) is 0. The lowest BCUT2D eigenvalue weighted by atomic mass is 10.4. The van der Waals surface area contributed by atoms with Crippen LogP contribution in [0.2, 0.25) is 0 Å². The fourth-order valence-electron chi connectivity index (χ4n) is 0.204. The normalized spacial score (nSPS) is 7.67. The van der Waals surface area contributed by atoms with Gasteiger partial charge in [-0.2, -0.15) is 0 Å². The van der Waals surface area contributed by atoms with Gasteiger partial charge in [0, 0.05) is 0 Å². The third kappa shape index (κ3) is 62.7. The van der Waals surface area contributed by atoms with Crippen molar-refractivity contribution < 1.29 is 12.9 Å². The van der Waals surface area contributed by atoms with E-state index < -0.39 is 7.54 Å². The molecule has 0 nitrogen and oxygen atoms in total. The first-order chi connectivity index (χ1) is 4.15. The Kier molecular flexibility index (Phi) is 14.9. The second kappa shape index (κ2) is 11.1. The quantitative estimate of drug-likeness (QED) is 0.427. The molecule has 0 saturated heterocycles. The maximum absolute atomic E-state index is 9.67. The van der Waals surface area contributed by atoms with Crippen LogP contribution in [-0.2, 0) is 0 Å². The highest BCUT2D eigenvalue weighted by atomic mass is 31.0. The van der Waals surface area contributed by atoms with Crippen LogP contribution in [0.25, 0.3) is 0 Å². The maximum Gasteiger partial charge on any atom is 0.762 e. The smallest absolute Gasteiger partial charge is 0.254 e. The van der Waals surface area contributed by atoms with E-state index in [1.807, 2.05) is 0 Å². The number of hydrogen-bond donors (Lipinski definition) is 0. The van der Waals surface area contributed by atoms with Crippen LogP contribution < -0.4 is 0 Å². The van der Waals surface area contributed by atoms with Crippen LogP contribution in [0.5, 0.6) is 0 Å². The molecule has 1 atom stereocenters. The molecule has 0 saturated carbocycles. The lowest BCUT2D eigenvalue weighted by Crippen LogP contribution is -1.76. The SMILES string of the molecule is CCCCP.FB(F)F. The second-order valence-electron chi connectivity index (χ2n) is 1.39. The fourth-order valence-corrected chi connectivity index (χ4v) is 0.612. The Morgan fingerprint density at radius 2 is 1.67 bits per heavy atom. The van der Waals surface area contributed by atoms with Crippen LogP contribution in [0, 0.1) is 0 Å². The highest BCUT2D eigenvalue weighted by Gasteiger charge is 2.06. The van der Waals surface area contributed by atoms with Gasteiger partial charge in [0.15, 0.2) is 0 Å². The Balaban J connectivity index is 0. The average Bonchev–Trinajstić information content (AvgIpc) is 1.66. The highest BCUT2D eigenvalue weighted by Crippen LogP contribution is 1.89. The van der Waals surface area contributed by atoms with Gasteiger partial charge < -0.3 is 0 Å². The molecule has 0 amide bonds. The van der Waals surface area contributed by atoms with Crippen LogP contribution in [0.4, 0.5) is 12.9 Å². The van der Waals surface area contributed by atoms with Gasteiger partial charge in [-0.15, -0.1) is 9.24 Å². The average molecular weight is 158 g/mol. The van der Waals surface area contributed by atoms with Crippen LogP contribution in [0.3, 0.4) is 0 Å². The third-order valence-electron chi connectivity index (χ3n) is 0.558. The molecule has 0 fully saturated rings. The molecule has 0 bridgehead atoms. The molecule has 0 aromatic heterocycles. The molecule has 0 spiro atoms. The van der Waals surface area contributed by atoms with E-state index >= 15 is 0 Å². The Labute approximate surface area is 56.6 Å². The van der Waals surface area contributed by atoms with Gasteiger partial charge in [0.1, 0.15) is 0 Å². The zero-order valence-electron chi connectivity index (χ0n) is 5.41. The summed E-state index contributed by atoms with van der Waals surface area (Å²) in [5.74, 6) is 0. The van der Waals surface area contributed by atoms with Crippen LogP contribution in [-0.4, -0.2) is 13.7 Å². The summed E-state index contributed by atoms with van der Waals surface area (Å²) in [6.07, 6.45) is 3.94. The Bertz CT molecular complexity index is 40.0. The van der Waals surface area contributed by atoms with E-state index in [0.717, 1.165) is 0 Å². The standard InChI is InChI=1S/C4H11P.BF3/c1-2-3-4-5;2-1(3)4/h2-5H2,1H3;. The first-order valence-corrected chi connectivity index (χ1v) is 3.59. The molecular formula is C4H11BF3P. The molecule has 0 rings (SSSR count). The molecule has 1 unspecified atom stereocenters. The van der Waals surface area contributed by atoms with Gasteiger partial charge in [-0.1, -0.05) is 19.8 Å².